The van der Waals surface area contributed by atoms with Gasteiger partial charge in [-0.05, 0) is 41.8 Å². The van der Waals surface area contributed by atoms with Crippen molar-refractivity contribution in [1.82, 2.24) is 10.6 Å². The van der Waals surface area contributed by atoms with Crippen LogP contribution in [0.3, 0.4) is 0 Å². The summed E-state index contributed by atoms with van der Waals surface area (Å²) >= 11 is 0. The van der Waals surface area contributed by atoms with Gasteiger partial charge < -0.3 is 15.4 Å². The van der Waals surface area contributed by atoms with Crippen LogP contribution in [0.5, 0.6) is 5.75 Å². The molecule has 0 aliphatic heterocycles. The standard InChI is InChI=1S/C18H24N4O3S/c1-20-18(21-11-10-14-6-8-16(25-2)9-7-14)22-13-15-4-3-5-17(12-15)26(19,23)24/h3-9,12H,10-11,13H2,1-2H3,(H2,19,23,24)(H2,20,21,22). The highest BCUT2D eigenvalue weighted by Gasteiger charge is 2.08. The first-order valence-corrected chi connectivity index (χ1v) is 9.66. The number of ether oxygens (including phenoxy) is 1. The van der Waals surface area contributed by atoms with E-state index in [2.05, 4.69) is 15.6 Å². The number of rotatable bonds is 7. The smallest absolute Gasteiger partial charge is 0.238 e. The van der Waals surface area contributed by atoms with Crippen LogP contribution in [0, 0.1) is 0 Å². The number of primary sulfonamides is 1. The normalized spacial score (nSPS) is 11.9. The van der Waals surface area contributed by atoms with E-state index in [-0.39, 0.29) is 4.90 Å². The number of hydrogen-bond acceptors (Lipinski definition) is 4. The van der Waals surface area contributed by atoms with Crippen molar-refractivity contribution in [1.29, 1.82) is 0 Å². The van der Waals surface area contributed by atoms with E-state index in [9.17, 15) is 8.42 Å². The average molecular weight is 376 g/mol. The number of methoxy groups -OCH3 is 1. The van der Waals surface area contributed by atoms with Gasteiger partial charge in [-0.3, -0.25) is 4.99 Å². The second-order valence-electron chi connectivity index (χ2n) is 5.64. The first kappa shape index (κ1) is 19.7. The Hall–Kier alpha value is -2.58. The van der Waals surface area contributed by atoms with E-state index in [1.807, 2.05) is 30.3 Å². The third kappa shape index (κ3) is 6.05. The molecule has 0 saturated heterocycles. The molecule has 26 heavy (non-hydrogen) atoms. The lowest BCUT2D eigenvalue weighted by Gasteiger charge is -2.12. The highest BCUT2D eigenvalue weighted by atomic mass is 32.2. The summed E-state index contributed by atoms with van der Waals surface area (Å²) < 4.78 is 28.0. The van der Waals surface area contributed by atoms with Gasteiger partial charge in [0, 0.05) is 20.1 Å². The molecule has 0 fully saturated rings. The SMILES string of the molecule is CN=C(NCCc1ccc(OC)cc1)NCc1cccc(S(N)(=O)=O)c1. The highest BCUT2D eigenvalue weighted by Crippen LogP contribution is 2.11. The van der Waals surface area contributed by atoms with Gasteiger partial charge in [-0.25, -0.2) is 13.6 Å². The predicted octanol–water partition coefficient (Wildman–Crippen LogP) is 1.25. The summed E-state index contributed by atoms with van der Waals surface area (Å²) in [7, 11) is -0.374. The Labute approximate surface area is 154 Å². The molecular formula is C18H24N4O3S. The van der Waals surface area contributed by atoms with Gasteiger partial charge in [-0.2, -0.15) is 0 Å². The topological polar surface area (TPSA) is 106 Å². The van der Waals surface area contributed by atoms with Crippen LogP contribution >= 0.6 is 0 Å². The lowest BCUT2D eigenvalue weighted by atomic mass is 10.1. The predicted molar refractivity (Wildman–Crippen MR) is 103 cm³/mol. The van der Waals surface area contributed by atoms with E-state index in [1.54, 1.807) is 26.3 Å². The van der Waals surface area contributed by atoms with E-state index in [0.717, 1.165) is 17.7 Å². The van der Waals surface area contributed by atoms with E-state index in [4.69, 9.17) is 9.88 Å². The average Bonchev–Trinajstić information content (AvgIpc) is 2.64. The zero-order valence-electron chi connectivity index (χ0n) is 14.9. The molecule has 140 valence electrons. The molecule has 0 saturated carbocycles. The van der Waals surface area contributed by atoms with Crippen molar-refractivity contribution in [2.24, 2.45) is 10.1 Å². The summed E-state index contributed by atoms with van der Waals surface area (Å²) in [5.41, 5.74) is 1.99. The van der Waals surface area contributed by atoms with Crippen molar-refractivity contribution in [3.8, 4) is 5.75 Å². The molecule has 8 heteroatoms. The maximum Gasteiger partial charge on any atom is 0.238 e. The van der Waals surface area contributed by atoms with Crippen molar-refractivity contribution < 1.29 is 13.2 Å². The second-order valence-corrected chi connectivity index (χ2v) is 7.20. The van der Waals surface area contributed by atoms with E-state index < -0.39 is 10.0 Å². The van der Waals surface area contributed by atoms with Crippen LogP contribution in [0.1, 0.15) is 11.1 Å². The van der Waals surface area contributed by atoms with Crippen LogP contribution in [-0.4, -0.2) is 35.1 Å². The summed E-state index contributed by atoms with van der Waals surface area (Å²) in [4.78, 5) is 4.26. The van der Waals surface area contributed by atoms with Gasteiger partial charge in [0.25, 0.3) is 0 Å². The second kappa shape index (κ2) is 9.21. The summed E-state index contributed by atoms with van der Waals surface area (Å²) in [6, 6.07) is 14.4. The maximum atomic E-state index is 11.4. The monoisotopic (exact) mass is 376 g/mol. The van der Waals surface area contributed by atoms with Gasteiger partial charge in [0.05, 0.1) is 12.0 Å². The minimum absolute atomic E-state index is 0.0965. The van der Waals surface area contributed by atoms with Gasteiger partial charge in [-0.15, -0.1) is 0 Å². The van der Waals surface area contributed by atoms with E-state index in [1.165, 1.54) is 11.6 Å². The fourth-order valence-corrected chi connectivity index (χ4v) is 2.94. The van der Waals surface area contributed by atoms with Crippen molar-refractivity contribution in [2.45, 2.75) is 17.9 Å². The zero-order valence-corrected chi connectivity index (χ0v) is 15.7. The zero-order chi connectivity index (χ0) is 19.0. The van der Waals surface area contributed by atoms with E-state index in [0.29, 0.717) is 19.0 Å². The molecule has 2 rings (SSSR count). The van der Waals surface area contributed by atoms with Gasteiger partial charge in [-0.1, -0.05) is 24.3 Å². The molecule has 0 aromatic heterocycles. The Kier molecular flexibility index (Phi) is 6.99. The fourth-order valence-electron chi connectivity index (χ4n) is 2.36. The van der Waals surface area contributed by atoms with Gasteiger partial charge in [0.2, 0.25) is 10.0 Å². The molecule has 0 heterocycles. The van der Waals surface area contributed by atoms with Gasteiger partial charge >= 0.3 is 0 Å². The fraction of sp³-hybridized carbons (Fsp3) is 0.278. The summed E-state index contributed by atoms with van der Waals surface area (Å²) in [5, 5.41) is 11.5. The first-order valence-electron chi connectivity index (χ1n) is 8.11. The van der Waals surface area contributed by atoms with Crippen molar-refractivity contribution in [2.75, 3.05) is 20.7 Å². The van der Waals surface area contributed by atoms with Crippen LogP contribution < -0.4 is 20.5 Å². The lowest BCUT2D eigenvalue weighted by molar-refractivity contribution is 0.414. The Morgan fingerprint density at radius 3 is 2.46 bits per heavy atom. The van der Waals surface area contributed by atoms with Crippen molar-refractivity contribution in [3.05, 3.63) is 59.7 Å². The molecule has 0 bridgehead atoms. The number of nitrogens with one attached hydrogen (secondary N) is 2. The number of hydrogen-bond donors (Lipinski definition) is 3. The number of aliphatic imine (C=N–C) groups is 1. The molecule has 0 amide bonds. The third-order valence-corrected chi connectivity index (χ3v) is 4.69. The molecule has 0 atom stereocenters. The Balaban J connectivity index is 1.84. The lowest BCUT2D eigenvalue weighted by Crippen LogP contribution is -2.37. The first-order chi connectivity index (χ1) is 12.4. The summed E-state index contributed by atoms with van der Waals surface area (Å²) in [6.45, 7) is 1.15. The summed E-state index contributed by atoms with van der Waals surface area (Å²) in [6.07, 6.45) is 0.839. The molecule has 4 N–H and O–H groups in total. The van der Waals surface area contributed by atoms with Crippen LogP contribution in [0.4, 0.5) is 0 Å². The quantitative estimate of drug-likeness (QED) is 0.498. The molecule has 0 unspecified atom stereocenters. The molecular weight excluding hydrogens is 352 g/mol. The van der Waals surface area contributed by atoms with Crippen molar-refractivity contribution >= 4 is 16.0 Å². The molecule has 0 spiro atoms. The minimum atomic E-state index is -3.70. The van der Waals surface area contributed by atoms with Crippen LogP contribution in [0.15, 0.2) is 58.4 Å². The number of nitrogens with zero attached hydrogens (tertiary/aromatic N) is 1. The van der Waals surface area contributed by atoms with Gasteiger partial charge in [0.1, 0.15) is 5.75 Å². The molecule has 0 aliphatic rings. The maximum absolute atomic E-state index is 11.4. The van der Waals surface area contributed by atoms with E-state index >= 15 is 0 Å². The number of nitrogens with two attached hydrogens (primary N) is 1. The Morgan fingerprint density at radius 1 is 1.12 bits per heavy atom. The molecule has 7 nitrogen and oxygen atoms in total. The van der Waals surface area contributed by atoms with Crippen LogP contribution in [0.2, 0.25) is 0 Å². The Bertz CT molecular complexity index is 849. The highest BCUT2D eigenvalue weighted by molar-refractivity contribution is 7.89. The Morgan fingerprint density at radius 2 is 1.85 bits per heavy atom. The van der Waals surface area contributed by atoms with Gasteiger partial charge in [0.15, 0.2) is 5.96 Å². The molecule has 0 radical (unpaired) electrons. The largest absolute Gasteiger partial charge is 0.497 e. The molecule has 0 aliphatic carbocycles. The number of guanidine groups is 1. The molecule has 2 aromatic carbocycles. The number of benzene rings is 2. The van der Waals surface area contributed by atoms with Crippen LogP contribution in [0.25, 0.3) is 0 Å². The number of sulfonamides is 1. The minimum Gasteiger partial charge on any atom is -0.497 e. The van der Waals surface area contributed by atoms with Crippen LogP contribution in [-0.2, 0) is 23.0 Å². The third-order valence-electron chi connectivity index (χ3n) is 3.78. The van der Waals surface area contributed by atoms with Crippen molar-refractivity contribution in [3.63, 3.8) is 0 Å². The molecule has 2 aromatic rings. The summed E-state index contributed by atoms with van der Waals surface area (Å²) in [5.74, 6) is 1.47.